The van der Waals surface area contributed by atoms with Crippen molar-refractivity contribution in [2.24, 2.45) is 11.1 Å². The number of hydrogen-bond acceptors (Lipinski definition) is 2. The molecule has 1 saturated carbocycles. The standard InChI is InChI=1S/C18H23F3N2O.ClH/c1-16(2)11-23(9-6-14(16)22)15(24)17(7-8-17)12-4-3-5-13(10-12)18(19,20)21;/h3-5,10,14H,6-9,11,22H2,1-2H3;1H. The van der Waals surface area contributed by atoms with Gasteiger partial charge < -0.3 is 10.6 Å². The molecule has 2 N–H and O–H groups in total. The molecule has 140 valence electrons. The monoisotopic (exact) mass is 376 g/mol. The van der Waals surface area contributed by atoms with Gasteiger partial charge in [-0.15, -0.1) is 12.4 Å². The molecule has 2 aliphatic rings. The zero-order valence-corrected chi connectivity index (χ0v) is 15.2. The smallest absolute Gasteiger partial charge is 0.341 e. The maximum atomic E-state index is 13.0. The number of piperidine rings is 1. The Kier molecular flexibility index (Phi) is 5.19. The van der Waals surface area contributed by atoms with Crippen LogP contribution in [0.5, 0.6) is 0 Å². The van der Waals surface area contributed by atoms with E-state index in [1.165, 1.54) is 6.07 Å². The van der Waals surface area contributed by atoms with Crippen LogP contribution in [-0.4, -0.2) is 29.9 Å². The van der Waals surface area contributed by atoms with Gasteiger partial charge in [-0.05, 0) is 36.3 Å². The highest BCUT2D eigenvalue weighted by Crippen LogP contribution is 2.51. The molecule has 3 rings (SSSR count). The summed E-state index contributed by atoms with van der Waals surface area (Å²) in [7, 11) is 0. The van der Waals surface area contributed by atoms with Gasteiger partial charge in [-0.1, -0.05) is 32.0 Å². The van der Waals surface area contributed by atoms with E-state index in [2.05, 4.69) is 0 Å². The topological polar surface area (TPSA) is 46.3 Å². The van der Waals surface area contributed by atoms with Crippen LogP contribution in [-0.2, 0) is 16.4 Å². The zero-order chi connectivity index (χ0) is 17.8. The van der Waals surface area contributed by atoms with Crippen LogP contribution in [0.3, 0.4) is 0 Å². The number of carbonyl (C=O) groups is 1. The minimum atomic E-state index is -4.39. The van der Waals surface area contributed by atoms with Gasteiger partial charge in [-0.2, -0.15) is 13.2 Å². The minimum Gasteiger partial charge on any atom is -0.341 e. The van der Waals surface area contributed by atoms with Crippen molar-refractivity contribution >= 4 is 18.3 Å². The van der Waals surface area contributed by atoms with Gasteiger partial charge in [0.15, 0.2) is 0 Å². The SMILES string of the molecule is CC1(C)CN(C(=O)C2(c3cccc(C(F)(F)F)c3)CC2)CCC1N.Cl. The fourth-order valence-corrected chi connectivity index (χ4v) is 3.59. The summed E-state index contributed by atoms with van der Waals surface area (Å²) >= 11 is 0. The van der Waals surface area contributed by atoms with Crippen molar-refractivity contribution in [2.75, 3.05) is 13.1 Å². The molecule has 1 atom stereocenters. The Morgan fingerprint density at radius 3 is 2.44 bits per heavy atom. The molecule has 7 heteroatoms. The zero-order valence-electron chi connectivity index (χ0n) is 14.4. The molecule has 2 fully saturated rings. The number of likely N-dealkylation sites (tertiary alicyclic amines) is 1. The van der Waals surface area contributed by atoms with Gasteiger partial charge in [0.1, 0.15) is 0 Å². The molecular weight excluding hydrogens is 353 g/mol. The number of alkyl halides is 3. The molecule has 3 nitrogen and oxygen atoms in total. The predicted octanol–water partition coefficient (Wildman–Crippen LogP) is 3.74. The molecule has 0 aromatic heterocycles. The first-order valence-corrected chi connectivity index (χ1v) is 8.29. The molecule has 1 aromatic carbocycles. The fraction of sp³-hybridized carbons (Fsp3) is 0.611. The number of halogens is 4. The average Bonchev–Trinajstić information content (AvgIpc) is 3.30. The lowest BCUT2D eigenvalue weighted by atomic mass is 9.79. The van der Waals surface area contributed by atoms with E-state index in [0.717, 1.165) is 18.6 Å². The summed E-state index contributed by atoms with van der Waals surface area (Å²) in [5.41, 5.74) is 4.94. The van der Waals surface area contributed by atoms with Crippen LogP contribution in [0.25, 0.3) is 0 Å². The van der Waals surface area contributed by atoms with Gasteiger partial charge in [-0.25, -0.2) is 0 Å². The van der Waals surface area contributed by atoms with E-state index in [4.69, 9.17) is 5.73 Å². The molecule has 1 aliphatic heterocycles. The molecule has 1 amide bonds. The molecule has 1 aliphatic carbocycles. The predicted molar refractivity (Wildman–Crippen MR) is 92.6 cm³/mol. The van der Waals surface area contributed by atoms with Crippen molar-refractivity contribution in [3.05, 3.63) is 35.4 Å². The van der Waals surface area contributed by atoms with E-state index in [0.29, 0.717) is 31.5 Å². The summed E-state index contributed by atoms with van der Waals surface area (Å²) in [5.74, 6) is -0.0539. The number of carbonyl (C=O) groups excluding carboxylic acids is 1. The maximum Gasteiger partial charge on any atom is 0.416 e. The summed E-state index contributed by atoms with van der Waals surface area (Å²) in [4.78, 5) is 14.8. The lowest BCUT2D eigenvalue weighted by molar-refractivity contribution is -0.139. The summed E-state index contributed by atoms with van der Waals surface area (Å²) < 4.78 is 38.9. The summed E-state index contributed by atoms with van der Waals surface area (Å²) in [6.07, 6.45) is -2.46. The molecular formula is C18H24ClF3N2O. The lowest BCUT2D eigenvalue weighted by Crippen LogP contribution is -2.55. The summed E-state index contributed by atoms with van der Waals surface area (Å²) in [5, 5.41) is 0. The minimum absolute atomic E-state index is 0. The summed E-state index contributed by atoms with van der Waals surface area (Å²) in [6.45, 7) is 5.18. The molecule has 1 saturated heterocycles. The second kappa shape index (κ2) is 6.47. The van der Waals surface area contributed by atoms with Crippen molar-refractivity contribution in [3.63, 3.8) is 0 Å². The first-order chi connectivity index (χ1) is 11.1. The Morgan fingerprint density at radius 2 is 1.92 bits per heavy atom. The van der Waals surface area contributed by atoms with Gasteiger partial charge in [0.25, 0.3) is 0 Å². The molecule has 25 heavy (non-hydrogen) atoms. The van der Waals surface area contributed by atoms with Crippen molar-refractivity contribution < 1.29 is 18.0 Å². The first-order valence-electron chi connectivity index (χ1n) is 8.29. The van der Waals surface area contributed by atoms with Crippen molar-refractivity contribution in [2.45, 2.75) is 50.7 Å². The van der Waals surface area contributed by atoms with Crippen molar-refractivity contribution in [3.8, 4) is 0 Å². The molecule has 1 aromatic rings. The number of amides is 1. The van der Waals surface area contributed by atoms with E-state index >= 15 is 0 Å². The summed E-state index contributed by atoms with van der Waals surface area (Å²) in [6, 6.07) is 5.24. The van der Waals surface area contributed by atoms with Gasteiger partial charge in [0.05, 0.1) is 11.0 Å². The van der Waals surface area contributed by atoms with Crippen molar-refractivity contribution in [1.29, 1.82) is 0 Å². The number of hydrogen-bond donors (Lipinski definition) is 1. The number of nitrogens with zero attached hydrogens (tertiary/aromatic N) is 1. The molecule has 1 unspecified atom stereocenters. The van der Waals surface area contributed by atoms with Crippen LogP contribution in [0.4, 0.5) is 13.2 Å². The first kappa shape index (κ1) is 20.0. The second-order valence-corrected chi connectivity index (χ2v) is 7.77. The highest BCUT2D eigenvalue weighted by molar-refractivity contribution is 5.91. The van der Waals surface area contributed by atoms with Crippen LogP contribution in [0.1, 0.15) is 44.2 Å². The normalized spacial score (nSPS) is 24.4. The highest BCUT2D eigenvalue weighted by Gasteiger charge is 2.54. The van der Waals surface area contributed by atoms with Crippen molar-refractivity contribution in [1.82, 2.24) is 4.90 Å². The lowest BCUT2D eigenvalue weighted by Gasteiger charge is -2.43. The van der Waals surface area contributed by atoms with E-state index in [-0.39, 0.29) is 29.8 Å². The van der Waals surface area contributed by atoms with Crippen LogP contribution in [0.15, 0.2) is 24.3 Å². The molecule has 0 spiro atoms. The van der Waals surface area contributed by atoms with Gasteiger partial charge in [-0.3, -0.25) is 4.79 Å². The second-order valence-electron chi connectivity index (χ2n) is 7.77. The largest absolute Gasteiger partial charge is 0.416 e. The van der Waals surface area contributed by atoms with E-state index in [1.807, 2.05) is 13.8 Å². The average molecular weight is 377 g/mol. The third-order valence-electron chi connectivity index (χ3n) is 5.50. The Hall–Kier alpha value is -1.27. The van der Waals surface area contributed by atoms with Crippen LogP contribution in [0.2, 0.25) is 0 Å². The molecule has 1 heterocycles. The molecule has 0 radical (unpaired) electrons. The Balaban J connectivity index is 0.00000225. The Bertz CT molecular complexity index is 656. The number of benzene rings is 1. The number of rotatable bonds is 2. The van der Waals surface area contributed by atoms with Crippen LogP contribution >= 0.6 is 12.4 Å². The molecule has 0 bridgehead atoms. The van der Waals surface area contributed by atoms with Gasteiger partial charge in [0, 0.05) is 19.1 Å². The van der Waals surface area contributed by atoms with Gasteiger partial charge >= 0.3 is 6.18 Å². The van der Waals surface area contributed by atoms with Crippen LogP contribution in [0, 0.1) is 5.41 Å². The van der Waals surface area contributed by atoms with Crippen LogP contribution < -0.4 is 5.73 Å². The quantitative estimate of drug-likeness (QED) is 0.854. The Labute approximate surface area is 152 Å². The maximum absolute atomic E-state index is 13.0. The number of nitrogens with two attached hydrogens (primary N) is 1. The third kappa shape index (κ3) is 3.65. The third-order valence-corrected chi connectivity index (χ3v) is 5.50. The van der Waals surface area contributed by atoms with Gasteiger partial charge in [0.2, 0.25) is 5.91 Å². The van der Waals surface area contributed by atoms with E-state index in [9.17, 15) is 18.0 Å². The Morgan fingerprint density at radius 1 is 1.28 bits per heavy atom. The fourth-order valence-electron chi connectivity index (χ4n) is 3.59. The van der Waals surface area contributed by atoms with E-state index < -0.39 is 17.2 Å². The highest BCUT2D eigenvalue weighted by atomic mass is 35.5. The van der Waals surface area contributed by atoms with E-state index in [1.54, 1.807) is 11.0 Å².